The molecule has 3 heteroatoms. The van der Waals surface area contributed by atoms with Crippen molar-refractivity contribution in [1.29, 1.82) is 0 Å². The quantitative estimate of drug-likeness (QED) is 0.584. The third-order valence-corrected chi connectivity index (χ3v) is 3.60. The van der Waals surface area contributed by atoms with Crippen LogP contribution in [-0.2, 0) is 0 Å². The summed E-state index contributed by atoms with van der Waals surface area (Å²) >= 11 is 1.98. The summed E-state index contributed by atoms with van der Waals surface area (Å²) in [7, 11) is 0. The highest BCUT2D eigenvalue weighted by Gasteiger charge is 2.20. The predicted octanol–water partition coefficient (Wildman–Crippen LogP) is 2.27. The zero-order chi connectivity index (χ0) is 10.9. The Morgan fingerprint density at radius 3 is 2.36 bits per heavy atom. The van der Waals surface area contributed by atoms with Gasteiger partial charge in [-0.2, -0.15) is 11.8 Å². The van der Waals surface area contributed by atoms with Gasteiger partial charge in [0.15, 0.2) is 0 Å². The van der Waals surface area contributed by atoms with Crippen LogP contribution >= 0.6 is 11.8 Å². The average Bonchev–Trinajstić information content (AvgIpc) is 2.23. The number of aliphatic hydroxyl groups is 1. The molecule has 0 amide bonds. The van der Waals surface area contributed by atoms with Gasteiger partial charge in [0, 0.05) is 6.54 Å². The van der Waals surface area contributed by atoms with E-state index >= 15 is 0 Å². The van der Waals surface area contributed by atoms with Gasteiger partial charge in [-0.3, -0.25) is 0 Å². The largest absolute Gasteiger partial charge is 0.389 e. The fourth-order valence-corrected chi connectivity index (χ4v) is 1.90. The van der Waals surface area contributed by atoms with Crippen LogP contribution in [0.25, 0.3) is 0 Å². The molecule has 0 aromatic carbocycles. The molecule has 0 radical (unpaired) electrons. The Hall–Kier alpha value is 0.270. The van der Waals surface area contributed by atoms with Crippen molar-refractivity contribution >= 4 is 11.8 Å². The molecular weight excluding hydrogens is 194 g/mol. The van der Waals surface area contributed by atoms with Crippen LogP contribution in [-0.4, -0.2) is 35.3 Å². The van der Waals surface area contributed by atoms with E-state index in [-0.39, 0.29) is 0 Å². The fourth-order valence-electron chi connectivity index (χ4n) is 1.26. The van der Waals surface area contributed by atoms with E-state index in [0.29, 0.717) is 0 Å². The molecule has 0 aliphatic carbocycles. The highest BCUT2D eigenvalue weighted by Crippen LogP contribution is 2.12. The topological polar surface area (TPSA) is 32.3 Å². The van der Waals surface area contributed by atoms with Crippen molar-refractivity contribution in [2.45, 2.75) is 45.6 Å². The van der Waals surface area contributed by atoms with Gasteiger partial charge in [-0.1, -0.05) is 20.8 Å². The molecule has 0 atom stereocenters. The van der Waals surface area contributed by atoms with Crippen molar-refractivity contribution in [2.75, 3.05) is 24.6 Å². The number of rotatable bonds is 9. The Labute approximate surface area is 92.9 Å². The van der Waals surface area contributed by atoms with E-state index in [1.165, 1.54) is 17.9 Å². The molecule has 0 saturated carbocycles. The molecule has 0 bridgehead atoms. The van der Waals surface area contributed by atoms with Gasteiger partial charge in [0.1, 0.15) is 0 Å². The average molecular weight is 219 g/mol. The zero-order valence-corrected chi connectivity index (χ0v) is 10.6. The minimum absolute atomic E-state index is 0.488. The van der Waals surface area contributed by atoms with Crippen LogP contribution < -0.4 is 5.32 Å². The molecule has 0 unspecified atom stereocenters. The summed E-state index contributed by atoms with van der Waals surface area (Å²) in [5.74, 6) is 2.42. The van der Waals surface area contributed by atoms with E-state index in [1.807, 2.05) is 25.6 Å². The van der Waals surface area contributed by atoms with Crippen LogP contribution in [0.3, 0.4) is 0 Å². The van der Waals surface area contributed by atoms with E-state index in [9.17, 15) is 5.11 Å². The Kier molecular flexibility index (Phi) is 8.73. The fraction of sp³-hybridized carbons (Fsp3) is 1.00. The van der Waals surface area contributed by atoms with Crippen molar-refractivity contribution in [1.82, 2.24) is 5.32 Å². The van der Waals surface area contributed by atoms with Gasteiger partial charge >= 0.3 is 0 Å². The first-order valence-electron chi connectivity index (χ1n) is 5.69. The van der Waals surface area contributed by atoms with Crippen LogP contribution in [0.1, 0.15) is 40.0 Å². The summed E-state index contributed by atoms with van der Waals surface area (Å²) in [6.07, 6.45) is 2.86. The maximum Gasteiger partial charge on any atom is 0.0766 e. The Morgan fingerprint density at radius 1 is 1.21 bits per heavy atom. The lowest BCUT2D eigenvalue weighted by Crippen LogP contribution is -2.39. The molecule has 2 N–H and O–H groups in total. The summed E-state index contributed by atoms with van der Waals surface area (Å²) in [5.41, 5.74) is -0.488. The molecule has 0 saturated heterocycles. The van der Waals surface area contributed by atoms with Gasteiger partial charge < -0.3 is 10.4 Å². The molecule has 86 valence electrons. The summed E-state index contributed by atoms with van der Waals surface area (Å²) in [6, 6.07) is 0. The lowest BCUT2D eigenvalue weighted by molar-refractivity contribution is 0.0328. The maximum atomic E-state index is 9.96. The summed E-state index contributed by atoms with van der Waals surface area (Å²) in [4.78, 5) is 0. The van der Waals surface area contributed by atoms with Gasteiger partial charge in [0.2, 0.25) is 0 Å². The lowest BCUT2D eigenvalue weighted by atomic mass is 9.98. The third-order valence-electron chi connectivity index (χ3n) is 2.62. The van der Waals surface area contributed by atoms with E-state index in [1.54, 1.807) is 0 Å². The number of nitrogens with one attached hydrogen (secondary N) is 1. The Morgan fingerprint density at radius 2 is 1.86 bits per heavy atom. The Bertz CT molecular complexity index is 126. The third kappa shape index (κ3) is 6.68. The van der Waals surface area contributed by atoms with E-state index in [2.05, 4.69) is 12.2 Å². The second-order valence-electron chi connectivity index (χ2n) is 3.66. The van der Waals surface area contributed by atoms with Crippen LogP contribution in [0.4, 0.5) is 0 Å². The van der Waals surface area contributed by atoms with E-state index < -0.39 is 5.60 Å². The zero-order valence-electron chi connectivity index (χ0n) is 9.81. The second kappa shape index (κ2) is 8.57. The Balaban J connectivity index is 3.34. The molecule has 0 aromatic rings. The van der Waals surface area contributed by atoms with Crippen LogP contribution in [0, 0.1) is 0 Å². The van der Waals surface area contributed by atoms with Gasteiger partial charge in [-0.05, 0) is 37.3 Å². The molecule has 0 aliphatic heterocycles. The van der Waals surface area contributed by atoms with Crippen molar-refractivity contribution in [3.63, 3.8) is 0 Å². The molecule has 14 heavy (non-hydrogen) atoms. The van der Waals surface area contributed by atoms with Crippen LogP contribution in [0.15, 0.2) is 0 Å². The molecule has 0 aromatic heterocycles. The number of hydrogen-bond donors (Lipinski definition) is 2. The highest BCUT2D eigenvalue weighted by atomic mass is 32.2. The van der Waals surface area contributed by atoms with Gasteiger partial charge in [-0.15, -0.1) is 0 Å². The minimum atomic E-state index is -0.488. The normalized spacial score (nSPS) is 12.0. The first-order chi connectivity index (χ1) is 6.68. The molecule has 2 nitrogen and oxygen atoms in total. The molecule has 0 spiro atoms. The van der Waals surface area contributed by atoms with Crippen LogP contribution in [0.2, 0.25) is 0 Å². The number of hydrogen-bond acceptors (Lipinski definition) is 3. The smallest absolute Gasteiger partial charge is 0.0766 e. The first kappa shape index (κ1) is 14.3. The highest BCUT2D eigenvalue weighted by molar-refractivity contribution is 7.99. The first-order valence-corrected chi connectivity index (χ1v) is 6.84. The van der Waals surface area contributed by atoms with Crippen molar-refractivity contribution in [3.8, 4) is 0 Å². The van der Waals surface area contributed by atoms with E-state index in [0.717, 1.165) is 25.9 Å². The maximum absolute atomic E-state index is 9.96. The monoisotopic (exact) mass is 219 g/mol. The summed E-state index contributed by atoms with van der Waals surface area (Å²) in [5, 5.41) is 13.3. The van der Waals surface area contributed by atoms with Crippen molar-refractivity contribution in [3.05, 3.63) is 0 Å². The van der Waals surface area contributed by atoms with Crippen molar-refractivity contribution < 1.29 is 5.11 Å². The summed E-state index contributed by atoms with van der Waals surface area (Å²) < 4.78 is 0. The molecular formula is C11H25NOS. The molecule has 0 rings (SSSR count). The van der Waals surface area contributed by atoms with E-state index in [4.69, 9.17) is 0 Å². The van der Waals surface area contributed by atoms with Gasteiger partial charge in [-0.25, -0.2) is 0 Å². The molecule has 0 aliphatic rings. The second-order valence-corrected chi connectivity index (χ2v) is 5.05. The minimum Gasteiger partial charge on any atom is -0.389 e. The SMILES string of the molecule is CCSCCCNCC(O)(CC)CC. The van der Waals surface area contributed by atoms with Crippen molar-refractivity contribution in [2.24, 2.45) is 0 Å². The number of thioether (sulfide) groups is 1. The molecule has 0 heterocycles. The van der Waals surface area contributed by atoms with Crippen LogP contribution in [0.5, 0.6) is 0 Å². The predicted molar refractivity (Wildman–Crippen MR) is 66.0 cm³/mol. The standard InChI is InChI=1S/C11H25NOS/c1-4-11(13,5-2)10-12-8-7-9-14-6-3/h12-13H,4-10H2,1-3H3. The van der Waals surface area contributed by atoms with Gasteiger partial charge in [0.05, 0.1) is 5.60 Å². The molecule has 0 fully saturated rings. The van der Waals surface area contributed by atoms with Gasteiger partial charge in [0.25, 0.3) is 0 Å². The summed E-state index contributed by atoms with van der Waals surface area (Å²) in [6.45, 7) is 8.02. The lowest BCUT2D eigenvalue weighted by Gasteiger charge is -2.25.